The fourth-order valence-corrected chi connectivity index (χ4v) is 4.31. The average molecular weight is 342 g/mol. The zero-order valence-electron chi connectivity index (χ0n) is 13.8. The lowest BCUT2D eigenvalue weighted by Crippen LogP contribution is -2.31. The van der Waals surface area contributed by atoms with Crippen LogP contribution in [0.4, 0.5) is 16.5 Å². The van der Waals surface area contributed by atoms with Gasteiger partial charge in [0.25, 0.3) is 0 Å². The van der Waals surface area contributed by atoms with Crippen LogP contribution in [0.3, 0.4) is 0 Å². The normalized spacial score (nSPS) is 21.5. The van der Waals surface area contributed by atoms with E-state index in [2.05, 4.69) is 20.9 Å². The van der Waals surface area contributed by atoms with Crippen molar-refractivity contribution in [1.82, 2.24) is 10.3 Å². The van der Waals surface area contributed by atoms with E-state index in [9.17, 15) is 4.79 Å². The van der Waals surface area contributed by atoms with E-state index in [0.29, 0.717) is 0 Å². The van der Waals surface area contributed by atoms with Gasteiger partial charge in [-0.05, 0) is 69.0 Å². The molecule has 2 heterocycles. The van der Waals surface area contributed by atoms with Gasteiger partial charge in [0.1, 0.15) is 0 Å². The molecule has 126 valence electrons. The maximum Gasteiger partial charge on any atom is 0.228 e. The smallest absolute Gasteiger partial charge is 0.228 e. The third kappa shape index (κ3) is 3.16. The van der Waals surface area contributed by atoms with Crippen LogP contribution < -0.4 is 16.0 Å². The summed E-state index contributed by atoms with van der Waals surface area (Å²) in [7, 11) is 0. The van der Waals surface area contributed by atoms with Crippen molar-refractivity contribution >= 4 is 33.8 Å². The number of aromatic nitrogens is 1. The monoisotopic (exact) mass is 342 g/mol. The number of amides is 1. The minimum Gasteiger partial charge on any atom is -0.332 e. The number of aryl methyl sites for hydroxylation is 1. The number of anilines is 3. The molecular weight excluding hydrogens is 320 g/mol. The Hall–Kier alpha value is -1.92. The van der Waals surface area contributed by atoms with Crippen LogP contribution in [-0.2, 0) is 4.79 Å². The SMILES string of the molecule is Cc1csc(Nc2ccc(NC(=O)C3CC34CCNCC4)cc2)n1. The topological polar surface area (TPSA) is 66.0 Å². The molecule has 1 atom stereocenters. The molecule has 1 aliphatic heterocycles. The molecule has 2 fully saturated rings. The fraction of sp³-hybridized carbons (Fsp3) is 0.444. The first-order valence-electron chi connectivity index (χ1n) is 8.45. The van der Waals surface area contributed by atoms with Crippen molar-refractivity contribution in [2.24, 2.45) is 11.3 Å². The van der Waals surface area contributed by atoms with Crippen LogP contribution in [0.5, 0.6) is 0 Å². The van der Waals surface area contributed by atoms with Gasteiger partial charge in [0.2, 0.25) is 5.91 Å². The molecular formula is C18H22N4OS. The Morgan fingerprint density at radius 2 is 1.96 bits per heavy atom. The molecule has 1 saturated heterocycles. The highest BCUT2D eigenvalue weighted by atomic mass is 32.1. The molecule has 4 rings (SSSR count). The number of nitrogens with one attached hydrogen (secondary N) is 3. The number of piperidine rings is 1. The summed E-state index contributed by atoms with van der Waals surface area (Å²) in [5.41, 5.74) is 3.13. The minimum atomic E-state index is 0.174. The number of nitrogens with zero attached hydrogens (tertiary/aromatic N) is 1. The molecule has 1 aromatic carbocycles. The number of carbonyl (C=O) groups excluding carboxylic acids is 1. The van der Waals surface area contributed by atoms with Gasteiger partial charge in [0.15, 0.2) is 5.13 Å². The Balaban J connectivity index is 1.34. The molecule has 1 spiro atoms. The molecule has 1 saturated carbocycles. The van der Waals surface area contributed by atoms with Crippen LogP contribution in [0.15, 0.2) is 29.6 Å². The van der Waals surface area contributed by atoms with Crippen molar-refractivity contribution in [2.75, 3.05) is 23.7 Å². The highest BCUT2D eigenvalue weighted by Crippen LogP contribution is 2.58. The number of carbonyl (C=O) groups is 1. The maximum absolute atomic E-state index is 12.5. The molecule has 1 amide bonds. The molecule has 1 unspecified atom stereocenters. The van der Waals surface area contributed by atoms with Gasteiger partial charge in [0, 0.05) is 22.7 Å². The molecule has 1 aliphatic carbocycles. The number of hydrogen-bond donors (Lipinski definition) is 3. The van der Waals surface area contributed by atoms with Gasteiger partial charge < -0.3 is 16.0 Å². The van der Waals surface area contributed by atoms with Crippen LogP contribution >= 0.6 is 11.3 Å². The van der Waals surface area contributed by atoms with Crippen molar-refractivity contribution in [3.05, 3.63) is 35.3 Å². The summed E-state index contributed by atoms with van der Waals surface area (Å²) in [6.07, 6.45) is 3.30. The third-order valence-corrected chi connectivity index (χ3v) is 6.00. The predicted octanol–water partition coefficient (Wildman–Crippen LogP) is 3.52. The molecule has 0 bridgehead atoms. The third-order valence-electron chi connectivity index (χ3n) is 5.13. The van der Waals surface area contributed by atoms with E-state index in [-0.39, 0.29) is 17.2 Å². The first-order valence-corrected chi connectivity index (χ1v) is 9.33. The first-order chi connectivity index (χ1) is 11.6. The zero-order chi connectivity index (χ0) is 16.6. The van der Waals surface area contributed by atoms with E-state index in [1.807, 2.05) is 36.6 Å². The van der Waals surface area contributed by atoms with Crippen molar-refractivity contribution < 1.29 is 4.79 Å². The van der Waals surface area contributed by atoms with Gasteiger partial charge in [-0.15, -0.1) is 11.3 Å². The second-order valence-corrected chi connectivity index (χ2v) is 7.71. The summed E-state index contributed by atoms with van der Waals surface area (Å²) in [6, 6.07) is 7.83. The summed E-state index contributed by atoms with van der Waals surface area (Å²) in [6.45, 7) is 4.06. The lowest BCUT2D eigenvalue weighted by molar-refractivity contribution is -0.118. The fourth-order valence-electron chi connectivity index (χ4n) is 3.60. The van der Waals surface area contributed by atoms with Crippen molar-refractivity contribution in [3.63, 3.8) is 0 Å². The maximum atomic E-state index is 12.5. The van der Waals surface area contributed by atoms with Crippen LogP contribution in [0.25, 0.3) is 0 Å². The van der Waals surface area contributed by atoms with Crippen LogP contribution in [0.1, 0.15) is 25.0 Å². The molecule has 0 radical (unpaired) electrons. The Bertz CT molecular complexity index is 734. The minimum absolute atomic E-state index is 0.174. The average Bonchev–Trinajstić information content (AvgIpc) is 3.12. The van der Waals surface area contributed by atoms with Crippen LogP contribution in [0.2, 0.25) is 0 Å². The van der Waals surface area contributed by atoms with Crippen LogP contribution in [0, 0.1) is 18.3 Å². The van der Waals surface area contributed by atoms with E-state index in [1.54, 1.807) is 11.3 Å². The quantitative estimate of drug-likeness (QED) is 0.795. The van der Waals surface area contributed by atoms with Gasteiger partial charge in [-0.3, -0.25) is 4.79 Å². The summed E-state index contributed by atoms with van der Waals surface area (Å²) in [5, 5.41) is 12.6. The van der Waals surface area contributed by atoms with E-state index in [4.69, 9.17) is 0 Å². The van der Waals surface area contributed by atoms with E-state index in [0.717, 1.165) is 54.6 Å². The molecule has 2 aromatic rings. The zero-order valence-corrected chi connectivity index (χ0v) is 14.6. The first kappa shape index (κ1) is 15.6. The number of benzene rings is 1. The highest BCUT2D eigenvalue weighted by Gasteiger charge is 2.57. The Morgan fingerprint density at radius 3 is 2.62 bits per heavy atom. The summed E-state index contributed by atoms with van der Waals surface area (Å²) >= 11 is 1.59. The summed E-state index contributed by atoms with van der Waals surface area (Å²) in [4.78, 5) is 16.9. The lowest BCUT2D eigenvalue weighted by Gasteiger charge is -2.23. The second-order valence-electron chi connectivity index (χ2n) is 6.85. The number of thiazole rings is 1. The Labute approximate surface area is 145 Å². The van der Waals surface area contributed by atoms with Gasteiger partial charge in [-0.1, -0.05) is 0 Å². The second kappa shape index (κ2) is 6.18. The Morgan fingerprint density at radius 1 is 1.25 bits per heavy atom. The van der Waals surface area contributed by atoms with Crippen LogP contribution in [-0.4, -0.2) is 24.0 Å². The Kier molecular flexibility index (Phi) is 4.02. The van der Waals surface area contributed by atoms with Gasteiger partial charge in [0.05, 0.1) is 5.69 Å². The molecule has 2 aliphatic rings. The molecule has 3 N–H and O–H groups in total. The molecule has 5 nitrogen and oxygen atoms in total. The lowest BCUT2D eigenvalue weighted by atomic mass is 9.92. The van der Waals surface area contributed by atoms with E-state index >= 15 is 0 Å². The largest absolute Gasteiger partial charge is 0.332 e. The van der Waals surface area contributed by atoms with Crippen molar-refractivity contribution in [2.45, 2.75) is 26.2 Å². The standard InChI is InChI=1S/C18H22N4OS/c1-12-11-24-17(20-12)22-14-4-2-13(3-5-14)21-16(23)15-10-18(15)6-8-19-9-7-18/h2-5,11,15,19H,6-10H2,1H3,(H,20,22)(H,21,23). The molecule has 6 heteroatoms. The van der Waals surface area contributed by atoms with E-state index in [1.165, 1.54) is 0 Å². The van der Waals surface area contributed by atoms with Gasteiger partial charge in [-0.25, -0.2) is 4.98 Å². The van der Waals surface area contributed by atoms with Crippen molar-refractivity contribution in [1.29, 1.82) is 0 Å². The summed E-state index contributed by atoms with van der Waals surface area (Å²) < 4.78 is 0. The number of rotatable bonds is 4. The van der Waals surface area contributed by atoms with Crippen molar-refractivity contribution in [3.8, 4) is 0 Å². The number of hydrogen-bond acceptors (Lipinski definition) is 5. The molecule has 1 aromatic heterocycles. The summed E-state index contributed by atoms with van der Waals surface area (Å²) in [5.74, 6) is 0.365. The van der Waals surface area contributed by atoms with Gasteiger partial charge in [-0.2, -0.15) is 0 Å². The van der Waals surface area contributed by atoms with Gasteiger partial charge >= 0.3 is 0 Å². The molecule has 24 heavy (non-hydrogen) atoms. The predicted molar refractivity (Wildman–Crippen MR) is 97.8 cm³/mol. The van der Waals surface area contributed by atoms with E-state index < -0.39 is 0 Å². The highest BCUT2D eigenvalue weighted by molar-refractivity contribution is 7.13.